The highest BCUT2D eigenvalue weighted by atomic mass is 14.4. The van der Waals surface area contributed by atoms with Gasteiger partial charge < -0.3 is 0 Å². The first kappa shape index (κ1) is 20.0. The lowest BCUT2D eigenvalue weighted by Gasteiger charge is -2.35. The molecule has 0 aliphatic heterocycles. The summed E-state index contributed by atoms with van der Waals surface area (Å²) in [6.45, 7) is 4.51. The SMILES string of the molecule is CCCCCCC[C@]1(C#N)CC[C@H](c2ccc(CCCC)cc2)CC1. The highest BCUT2D eigenvalue weighted by Gasteiger charge is 2.35. The van der Waals surface area contributed by atoms with Gasteiger partial charge in [-0.2, -0.15) is 5.26 Å². The lowest BCUT2D eigenvalue weighted by molar-refractivity contribution is 0.223. The Morgan fingerprint density at radius 2 is 1.56 bits per heavy atom. The van der Waals surface area contributed by atoms with E-state index in [4.69, 9.17) is 0 Å². The Balaban J connectivity index is 1.81. The first-order valence-corrected chi connectivity index (χ1v) is 10.7. The van der Waals surface area contributed by atoms with Crippen LogP contribution in [0.2, 0.25) is 0 Å². The maximum Gasteiger partial charge on any atom is 0.0689 e. The van der Waals surface area contributed by atoms with E-state index in [0.717, 1.165) is 19.3 Å². The molecule has 0 bridgehead atoms. The highest BCUT2D eigenvalue weighted by Crippen LogP contribution is 2.45. The Bertz CT molecular complexity index is 514. The molecule has 1 fully saturated rings. The van der Waals surface area contributed by atoms with Crippen molar-refractivity contribution in [3.05, 3.63) is 35.4 Å². The van der Waals surface area contributed by atoms with Crippen LogP contribution < -0.4 is 0 Å². The van der Waals surface area contributed by atoms with Gasteiger partial charge in [-0.3, -0.25) is 0 Å². The molecule has 0 radical (unpaired) electrons. The summed E-state index contributed by atoms with van der Waals surface area (Å²) in [5.41, 5.74) is 2.94. The van der Waals surface area contributed by atoms with Crippen molar-refractivity contribution in [1.82, 2.24) is 0 Å². The second-order valence-corrected chi connectivity index (χ2v) is 8.18. The third-order valence-corrected chi connectivity index (χ3v) is 6.21. The van der Waals surface area contributed by atoms with Crippen LogP contribution in [0.5, 0.6) is 0 Å². The summed E-state index contributed by atoms with van der Waals surface area (Å²) in [5, 5.41) is 9.77. The van der Waals surface area contributed by atoms with Crippen LogP contribution in [-0.4, -0.2) is 0 Å². The van der Waals surface area contributed by atoms with Gasteiger partial charge in [0.1, 0.15) is 0 Å². The first-order chi connectivity index (χ1) is 12.2. The van der Waals surface area contributed by atoms with Crippen LogP contribution in [0.3, 0.4) is 0 Å². The van der Waals surface area contributed by atoms with Crippen LogP contribution in [0, 0.1) is 16.7 Å². The summed E-state index contributed by atoms with van der Waals surface area (Å²) in [6, 6.07) is 12.1. The van der Waals surface area contributed by atoms with Gasteiger partial charge in [0.2, 0.25) is 0 Å². The van der Waals surface area contributed by atoms with Crippen LogP contribution >= 0.6 is 0 Å². The molecule has 0 unspecified atom stereocenters. The number of rotatable bonds is 10. The summed E-state index contributed by atoms with van der Waals surface area (Å²) in [5.74, 6) is 0.668. The molecular weight excluding hydrogens is 302 g/mol. The average molecular weight is 340 g/mol. The average Bonchev–Trinajstić information content (AvgIpc) is 2.67. The summed E-state index contributed by atoms with van der Waals surface area (Å²) in [7, 11) is 0. The molecule has 1 heteroatoms. The van der Waals surface area contributed by atoms with Crippen LogP contribution in [0.15, 0.2) is 24.3 Å². The van der Waals surface area contributed by atoms with Gasteiger partial charge in [-0.05, 0) is 62.0 Å². The minimum Gasteiger partial charge on any atom is -0.198 e. The maximum absolute atomic E-state index is 9.77. The van der Waals surface area contributed by atoms with E-state index in [-0.39, 0.29) is 5.41 Å². The highest BCUT2D eigenvalue weighted by molar-refractivity contribution is 5.26. The number of nitriles is 1. The zero-order valence-electron chi connectivity index (χ0n) is 16.5. The zero-order valence-corrected chi connectivity index (χ0v) is 16.5. The molecule has 2 rings (SSSR count). The fourth-order valence-corrected chi connectivity index (χ4v) is 4.33. The van der Waals surface area contributed by atoms with E-state index in [0.29, 0.717) is 5.92 Å². The molecule has 0 N–H and O–H groups in total. The fourth-order valence-electron chi connectivity index (χ4n) is 4.33. The smallest absolute Gasteiger partial charge is 0.0689 e. The molecule has 25 heavy (non-hydrogen) atoms. The molecular formula is C24H37N. The predicted octanol–water partition coefficient (Wildman–Crippen LogP) is 7.56. The quantitative estimate of drug-likeness (QED) is 0.403. The van der Waals surface area contributed by atoms with E-state index < -0.39 is 0 Å². The molecule has 1 aromatic carbocycles. The Hall–Kier alpha value is -1.29. The molecule has 138 valence electrons. The summed E-state index contributed by atoms with van der Waals surface area (Å²) >= 11 is 0. The number of hydrogen-bond acceptors (Lipinski definition) is 1. The first-order valence-electron chi connectivity index (χ1n) is 10.7. The summed E-state index contributed by atoms with van der Waals surface area (Å²) in [4.78, 5) is 0. The Labute approximate surface area is 155 Å². The van der Waals surface area contributed by atoms with Crippen LogP contribution in [0.25, 0.3) is 0 Å². The Morgan fingerprint density at radius 1 is 0.920 bits per heavy atom. The third-order valence-electron chi connectivity index (χ3n) is 6.21. The largest absolute Gasteiger partial charge is 0.198 e. The molecule has 1 aliphatic carbocycles. The monoisotopic (exact) mass is 339 g/mol. The lowest BCUT2D eigenvalue weighted by atomic mass is 9.67. The van der Waals surface area contributed by atoms with E-state index in [9.17, 15) is 5.26 Å². The van der Waals surface area contributed by atoms with Crippen molar-refractivity contribution >= 4 is 0 Å². The van der Waals surface area contributed by atoms with Gasteiger partial charge in [-0.25, -0.2) is 0 Å². The van der Waals surface area contributed by atoms with Crippen molar-refractivity contribution in [3.63, 3.8) is 0 Å². The van der Waals surface area contributed by atoms with E-state index in [2.05, 4.69) is 44.2 Å². The molecule has 0 spiro atoms. The minimum atomic E-state index is -0.0240. The molecule has 0 saturated heterocycles. The van der Waals surface area contributed by atoms with Gasteiger partial charge in [0, 0.05) is 0 Å². The molecule has 0 aromatic heterocycles. The normalized spacial score (nSPS) is 23.3. The van der Waals surface area contributed by atoms with Gasteiger partial charge in [0.15, 0.2) is 0 Å². The molecule has 0 heterocycles. The standard InChI is InChI=1S/C24H37N/c1-3-5-7-8-9-17-24(20-25)18-15-23(16-19-24)22-13-11-21(12-14-22)10-6-4-2/h11-14,23H,3-10,15-19H2,1-2H3/t23-,24-. The van der Waals surface area contributed by atoms with Gasteiger partial charge in [-0.15, -0.1) is 0 Å². The number of aryl methyl sites for hydroxylation is 1. The van der Waals surface area contributed by atoms with E-state index in [1.54, 1.807) is 0 Å². The van der Waals surface area contributed by atoms with Gasteiger partial charge in [0.25, 0.3) is 0 Å². The van der Waals surface area contributed by atoms with Crippen molar-refractivity contribution < 1.29 is 0 Å². The van der Waals surface area contributed by atoms with Crippen molar-refractivity contribution in [1.29, 1.82) is 5.26 Å². The van der Waals surface area contributed by atoms with Crippen molar-refractivity contribution in [2.24, 2.45) is 5.41 Å². The second-order valence-electron chi connectivity index (χ2n) is 8.18. The fraction of sp³-hybridized carbons (Fsp3) is 0.708. The number of unbranched alkanes of at least 4 members (excludes halogenated alkanes) is 5. The van der Waals surface area contributed by atoms with Crippen molar-refractivity contribution in [3.8, 4) is 6.07 Å². The maximum atomic E-state index is 9.77. The Morgan fingerprint density at radius 3 is 2.16 bits per heavy atom. The summed E-state index contributed by atoms with van der Waals surface area (Å²) < 4.78 is 0. The summed E-state index contributed by atoms with van der Waals surface area (Å²) in [6.07, 6.45) is 16.0. The van der Waals surface area contributed by atoms with E-state index >= 15 is 0 Å². The van der Waals surface area contributed by atoms with Crippen LogP contribution in [0.4, 0.5) is 0 Å². The van der Waals surface area contributed by atoms with Crippen molar-refractivity contribution in [2.45, 2.75) is 103 Å². The number of benzene rings is 1. The zero-order chi connectivity index (χ0) is 18.0. The molecule has 0 atom stereocenters. The second kappa shape index (κ2) is 10.6. The number of hydrogen-bond donors (Lipinski definition) is 0. The van der Waals surface area contributed by atoms with Gasteiger partial charge in [0.05, 0.1) is 11.5 Å². The van der Waals surface area contributed by atoms with Crippen LogP contribution in [-0.2, 0) is 6.42 Å². The van der Waals surface area contributed by atoms with Gasteiger partial charge in [-0.1, -0.05) is 76.6 Å². The molecule has 1 saturated carbocycles. The minimum absolute atomic E-state index is 0.0240. The molecule has 1 aliphatic rings. The van der Waals surface area contributed by atoms with Crippen LogP contribution in [0.1, 0.15) is 108 Å². The van der Waals surface area contributed by atoms with E-state index in [1.807, 2.05) is 0 Å². The third kappa shape index (κ3) is 6.18. The number of nitrogens with zero attached hydrogens (tertiary/aromatic N) is 1. The molecule has 0 amide bonds. The lowest BCUT2D eigenvalue weighted by Crippen LogP contribution is -2.25. The molecule has 1 aromatic rings. The van der Waals surface area contributed by atoms with Gasteiger partial charge >= 0.3 is 0 Å². The van der Waals surface area contributed by atoms with E-state index in [1.165, 1.54) is 75.3 Å². The molecule has 1 nitrogen and oxygen atoms in total. The Kier molecular flexibility index (Phi) is 8.53. The van der Waals surface area contributed by atoms with Crippen molar-refractivity contribution in [2.75, 3.05) is 0 Å². The topological polar surface area (TPSA) is 23.8 Å². The predicted molar refractivity (Wildman–Crippen MR) is 108 cm³/mol.